The molecule has 5 rings (SSSR count). The van der Waals surface area contributed by atoms with Gasteiger partial charge in [-0.15, -0.1) is 5.06 Å². The second kappa shape index (κ2) is 7.96. The molecule has 0 N–H and O–H groups in total. The predicted octanol–water partition coefficient (Wildman–Crippen LogP) is 4.58. The number of carbonyl (C=O) groups is 3. The smallest absolute Gasteiger partial charge is 0.358 e. The third-order valence-corrected chi connectivity index (χ3v) is 10.2. The van der Waals surface area contributed by atoms with Crippen LogP contribution in [-0.4, -0.2) is 35.6 Å². The van der Waals surface area contributed by atoms with Crippen molar-refractivity contribution in [2.24, 2.45) is 34.5 Å². The number of rotatable bonds is 4. The monoisotopic (exact) mass is 443 g/mol. The SMILES string of the molecule is CC1CCC2C3CCC4=CC(OCC(=O)ON5C(=O)CCC5=O)CCC4(C)C3CCC12C. The Morgan fingerprint density at radius 1 is 1.00 bits per heavy atom. The summed E-state index contributed by atoms with van der Waals surface area (Å²) in [5, 5.41) is 0.587. The van der Waals surface area contributed by atoms with Crippen molar-refractivity contribution in [2.45, 2.75) is 91.1 Å². The molecule has 32 heavy (non-hydrogen) atoms. The third-order valence-electron chi connectivity index (χ3n) is 10.2. The molecule has 176 valence electrons. The Bertz CT molecular complexity index is 835. The summed E-state index contributed by atoms with van der Waals surface area (Å²) in [6.07, 6.45) is 12.3. The fourth-order valence-electron chi connectivity index (χ4n) is 8.05. The summed E-state index contributed by atoms with van der Waals surface area (Å²) in [5.74, 6) is 1.74. The van der Waals surface area contributed by atoms with Crippen LogP contribution in [0.4, 0.5) is 0 Å². The van der Waals surface area contributed by atoms with Gasteiger partial charge in [0.15, 0.2) is 0 Å². The largest absolute Gasteiger partial charge is 0.362 e. The van der Waals surface area contributed by atoms with E-state index < -0.39 is 17.8 Å². The maximum atomic E-state index is 12.1. The van der Waals surface area contributed by atoms with E-state index in [1.165, 1.54) is 37.7 Å². The average Bonchev–Trinajstić information content (AvgIpc) is 3.25. The summed E-state index contributed by atoms with van der Waals surface area (Å²) in [7, 11) is 0. The van der Waals surface area contributed by atoms with E-state index in [9.17, 15) is 14.4 Å². The van der Waals surface area contributed by atoms with Crippen LogP contribution in [0.3, 0.4) is 0 Å². The molecular formula is C26H37NO5. The molecular weight excluding hydrogens is 406 g/mol. The van der Waals surface area contributed by atoms with Crippen LogP contribution in [0.25, 0.3) is 0 Å². The first-order valence-electron chi connectivity index (χ1n) is 12.6. The topological polar surface area (TPSA) is 72.9 Å². The molecule has 4 fully saturated rings. The summed E-state index contributed by atoms with van der Waals surface area (Å²) >= 11 is 0. The zero-order chi connectivity index (χ0) is 22.7. The minimum Gasteiger partial charge on any atom is -0.362 e. The van der Waals surface area contributed by atoms with Gasteiger partial charge in [0.2, 0.25) is 0 Å². The maximum absolute atomic E-state index is 12.1. The number of imide groups is 1. The first kappa shape index (κ1) is 22.1. The molecule has 4 aliphatic carbocycles. The van der Waals surface area contributed by atoms with Crippen LogP contribution in [0.15, 0.2) is 11.6 Å². The lowest BCUT2D eigenvalue weighted by molar-refractivity contribution is -0.201. The number of hydroxylamine groups is 2. The molecule has 5 aliphatic rings. The lowest BCUT2D eigenvalue weighted by Gasteiger charge is -2.58. The second-order valence-corrected chi connectivity index (χ2v) is 11.5. The second-order valence-electron chi connectivity index (χ2n) is 11.5. The maximum Gasteiger partial charge on any atom is 0.358 e. The molecule has 7 atom stereocenters. The number of hydrogen-bond donors (Lipinski definition) is 0. The normalized spacial score (nSPS) is 43.4. The van der Waals surface area contributed by atoms with Crippen LogP contribution in [0.2, 0.25) is 0 Å². The highest BCUT2D eigenvalue weighted by molar-refractivity contribution is 6.01. The number of carbonyl (C=O) groups excluding carboxylic acids is 3. The fourth-order valence-corrected chi connectivity index (χ4v) is 8.05. The van der Waals surface area contributed by atoms with Gasteiger partial charge in [0.05, 0.1) is 6.10 Å². The number of allylic oxidation sites excluding steroid dienone is 1. The molecule has 0 aromatic carbocycles. The molecule has 0 radical (unpaired) electrons. The van der Waals surface area contributed by atoms with Crippen molar-refractivity contribution in [3.8, 4) is 0 Å². The number of ether oxygens (including phenoxy) is 1. The molecule has 0 bridgehead atoms. The highest BCUT2D eigenvalue weighted by Gasteiger charge is 2.58. The number of hydrogen-bond acceptors (Lipinski definition) is 5. The van der Waals surface area contributed by atoms with Gasteiger partial charge in [-0.3, -0.25) is 9.59 Å². The van der Waals surface area contributed by atoms with E-state index in [-0.39, 0.29) is 31.0 Å². The van der Waals surface area contributed by atoms with Crippen molar-refractivity contribution >= 4 is 17.8 Å². The summed E-state index contributed by atoms with van der Waals surface area (Å²) in [4.78, 5) is 40.3. The van der Waals surface area contributed by atoms with E-state index in [1.807, 2.05) is 0 Å². The van der Waals surface area contributed by atoms with Crippen LogP contribution in [0.5, 0.6) is 0 Å². The summed E-state index contributed by atoms with van der Waals surface area (Å²) in [6.45, 7) is 7.27. The predicted molar refractivity (Wildman–Crippen MR) is 118 cm³/mol. The van der Waals surface area contributed by atoms with E-state index in [2.05, 4.69) is 26.8 Å². The number of fused-ring (bicyclic) bond motifs is 5. The first-order chi connectivity index (χ1) is 15.2. The van der Waals surface area contributed by atoms with Gasteiger partial charge >= 0.3 is 5.97 Å². The summed E-state index contributed by atoms with van der Waals surface area (Å²) in [6, 6.07) is 0. The van der Waals surface area contributed by atoms with Gasteiger partial charge in [-0.2, -0.15) is 0 Å². The van der Waals surface area contributed by atoms with Crippen molar-refractivity contribution in [3.63, 3.8) is 0 Å². The van der Waals surface area contributed by atoms with E-state index in [1.54, 1.807) is 0 Å². The molecule has 0 aromatic heterocycles. The molecule has 1 heterocycles. The average molecular weight is 444 g/mol. The Balaban J connectivity index is 1.22. The van der Waals surface area contributed by atoms with E-state index >= 15 is 0 Å². The zero-order valence-corrected chi connectivity index (χ0v) is 19.7. The van der Waals surface area contributed by atoms with E-state index in [4.69, 9.17) is 9.57 Å². The van der Waals surface area contributed by atoms with Crippen molar-refractivity contribution in [1.29, 1.82) is 0 Å². The minimum absolute atomic E-state index is 0.0986. The van der Waals surface area contributed by atoms with E-state index in [0.29, 0.717) is 10.5 Å². The van der Waals surface area contributed by atoms with Crippen LogP contribution in [0, 0.1) is 34.5 Å². The van der Waals surface area contributed by atoms with Gasteiger partial charge < -0.3 is 9.57 Å². The van der Waals surface area contributed by atoms with Crippen molar-refractivity contribution in [3.05, 3.63) is 11.6 Å². The Morgan fingerprint density at radius 2 is 1.75 bits per heavy atom. The van der Waals surface area contributed by atoms with Crippen molar-refractivity contribution < 1.29 is 24.0 Å². The minimum atomic E-state index is -0.689. The van der Waals surface area contributed by atoms with Gasteiger partial charge in [-0.1, -0.05) is 32.4 Å². The molecule has 2 amide bonds. The molecule has 1 saturated heterocycles. The molecule has 7 unspecified atom stereocenters. The van der Waals surface area contributed by atoms with Crippen molar-refractivity contribution in [2.75, 3.05) is 6.61 Å². The number of amides is 2. The van der Waals surface area contributed by atoms with Crippen LogP contribution in [0.1, 0.15) is 85.0 Å². The highest BCUT2D eigenvalue weighted by Crippen LogP contribution is 2.66. The summed E-state index contributed by atoms with van der Waals surface area (Å²) in [5.41, 5.74) is 2.31. The van der Waals surface area contributed by atoms with Gasteiger partial charge in [0.25, 0.3) is 11.8 Å². The molecule has 6 nitrogen and oxygen atoms in total. The fraction of sp³-hybridized carbons (Fsp3) is 0.808. The Hall–Kier alpha value is -1.69. The van der Waals surface area contributed by atoms with E-state index in [0.717, 1.165) is 42.9 Å². The molecule has 0 aromatic rings. The van der Waals surface area contributed by atoms with Crippen molar-refractivity contribution in [1.82, 2.24) is 5.06 Å². The van der Waals surface area contributed by atoms with Gasteiger partial charge in [0.1, 0.15) is 6.61 Å². The standard InChI is InChI=1S/C26H37NO5/c1-16-4-7-20-19-6-5-17-14-18(10-12-26(17,3)21(19)11-13-25(16,20)2)31-15-24(30)32-27-22(28)8-9-23(27)29/h14,16,18-21H,4-13,15H2,1-3H3. The van der Waals surface area contributed by atoms with Crippen LogP contribution < -0.4 is 0 Å². The molecule has 6 heteroatoms. The molecule has 0 spiro atoms. The van der Waals surface area contributed by atoms with Crippen LogP contribution >= 0.6 is 0 Å². The highest BCUT2D eigenvalue weighted by atomic mass is 16.7. The third kappa shape index (κ3) is 3.44. The lowest BCUT2D eigenvalue weighted by Crippen LogP contribution is -2.50. The number of nitrogens with zero attached hydrogens (tertiary/aromatic N) is 1. The van der Waals surface area contributed by atoms with Gasteiger partial charge in [0, 0.05) is 12.8 Å². The first-order valence-corrected chi connectivity index (χ1v) is 12.6. The van der Waals surface area contributed by atoms with Gasteiger partial charge in [-0.25, -0.2) is 4.79 Å². The molecule has 1 aliphatic heterocycles. The zero-order valence-electron chi connectivity index (χ0n) is 19.7. The lowest BCUT2D eigenvalue weighted by atomic mass is 9.47. The quantitative estimate of drug-likeness (QED) is 0.470. The van der Waals surface area contributed by atoms with Crippen LogP contribution in [-0.2, 0) is 24.0 Å². The Morgan fingerprint density at radius 3 is 2.50 bits per heavy atom. The molecule has 3 saturated carbocycles. The van der Waals surface area contributed by atoms with Gasteiger partial charge in [-0.05, 0) is 85.9 Å². The summed E-state index contributed by atoms with van der Waals surface area (Å²) < 4.78 is 5.85. The Kier molecular flexibility index (Phi) is 5.51. The Labute approximate surface area is 191 Å².